The third kappa shape index (κ3) is 5.63. The normalized spacial score (nSPS) is 10.3. The number of ketones is 1. The number of likely N-dealkylation sites (N-methyl/N-ethyl adjacent to an activating group) is 1. The van der Waals surface area contributed by atoms with E-state index in [2.05, 4.69) is 17.4 Å². The van der Waals surface area contributed by atoms with Gasteiger partial charge in [0.1, 0.15) is 6.61 Å². The van der Waals surface area contributed by atoms with E-state index in [1.807, 2.05) is 18.2 Å². The predicted molar refractivity (Wildman–Crippen MR) is 64.5 cm³/mol. The van der Waals surface area contributed by atoms with E-state index in [4.69, 9.17) is 4.74 Å². The molecule has 1 N–H and O–H groups in total. The zero-order valence-electron chi connectivity index (χ0n) is 9.74. The lowest BCUT2D eigenvalue weighted by atomic mass is 10.1. The molecule has 0 saturated heterocycles. The number of hydrogen-bond acceptors (Lipinski definition) is 3. The second kappa shape index (κ2) is 8.02. The Kier molecular flexibility index (Phi) is 6.45. The Balaban J connectivity index is 2.02. The van der Waals surface area contributed by atoms with Crippen molar-refractivity contribution in [2.45, 2.75) is 12.8 Å². The van der Waals surface area contributed by atoms with Gasteiger partial charge in [0.05, 0.1) is 6.54 Å². The van der Waals surface area contributed by atoms with Crippen molar-refractivity contribution < 1.29 is 9.53 Å². The molecule has 0 radical (unpaired) electrons. The molecule has 0 spiro atoms. The van der Waals surface area contributed by atoms with Crippen molar-refractivity contribution in [1.82, 2.24) is 5.32 Å². The van der Waals surface area contributed by atoms with E-state index >= 15 is 0 Å². The molecule has 0 aliphatic carbocycles. The average molecular weight is 221 g/mol. The molecule has 3 heteroatoms. The highest BCUT2D eigenvalue weighted by Gasteiger charge is 1.99. The van der Waals surface area contributed by atoms with Gasteiger partial charge in [-0.05, 0) is 25.5 Å². The molecule has 0 heterocycles. The molecule has 3 nitrogen and oxygen atoms in total. The lowest BCUT2D eigenvalue weighted by molar-refractivity contribution is -0.122. The van der Waals surface area contributed by atoms with E-state index in [0.29, 0.717) is 13.2 Å². The molecule has 1 rings (SSSR count). The van der Waals surface area contributed by atoms with Crippen LogP contribution in [-0.4, -0.2) is 32.6 Å². The van der Waals surface area contributed by atoms with E-state index in [9.17, 15) is 4.79 Å². The van der Waals surface area contributed by atoms with E-state index in [1.165, 1.54) is 5.56 Å². The molecule has 0 aliphatic heterocycles. The fourth-order valence-electron chi connectivity index (χ4n) is 1.46. The molecule has 88 valence electrons. The second-order valence-corrected chi connectivity index (χ2v) is 3.71. The highest BCUT2D eigenvalue weighted by Crippen LogP contribution is 2.02. The van der Waals surface area contributed by atoms with Crippen LogP contribution in [0.5, 0.6) is 0 Å². The van der Waals surface area contributed by atoms with Crippen LogP contribution in [0.1, 0.15) is 12.0 Å². The van der Waals surface area contributed by atoms with Gasteiger partial charge in [0.15, 0.2) is 5.78 Å². The van der Waals surface area contributed by atoms with Gasteiger partial charge < -0.3 is 10.1 Å². The Hall–Kier alpha value is -1.19. The molecule has 0 unspecified atom stereocenters. The van der Waals surface area contributed by atoms with Crippen LogP contribution in [0.15, 0.2) is 30.3 Å². The summed E-state index contributed by atoms with van der Waals surface area (Å²) in [7, 11) is 1.76. The van der Waals surface area contributed by atoms with Crippen LogP contribution in [-0.2, 0) is 16.0 Å². The van der Waals surface area contributed by atoms with E-state index in [-0.39, 0.29) is 12.4 Å². The van der Waals surface area contributed by atoms with Crippen LogP contribution >= 0.6 is 0 Å². The number of aryl methyl sites for hydroxylation is 1. The minimum Gasteiger partial charge on any atom is -0.374 e. The molecule has 0 atom stereocenters. The van der Waals surface area contributed by atoms with Crippen molar-refractivity contribution in [2.24, 2.45) is 0 Å². The topological polar surface area (TPSA) is 38.3 Å². The van der Waals surface area contributed by atoms with Gasteiger partial charge >= 0.3 is 0 Å². The number of hydrogen-bond donors (Lipinski definition) is 1. The summed E-state index contributed by atoms with van der Waals surface area (Å²) < 4.78 is 5.28. The Bertz CT molecular complexity index is 298. The number of rotatable bonds is 8. The van der Waals surface area contributed by atoms with Crippen LogP contribution in [0.4, 0.5) is 0 Å². The van der Waals surface area contributed by atoms with Gasteiger partial charge in [-0.1, -0.05) is 30.3 Å². The molecule has 0 amide bonds. The van der Waals surface area contributed by atoms with Gasteiger partial charge in [-0.2, -0.15) is 0 Å². The van der Waals surface area contributed by atoms with Gasteiger partial charge in [-0.25, -0.2) is 0 Å². The van der Waals surface area contributed by atoms with Crippen molar-refractivity contribution in [3.8, 4) is 0 Å². The first-order valence-electron chi connectivity index (χ1n) is 5.61. The van der Waals surface area contributed by atoms with Crippen molar-refractivity contribution in [3.63, 3.8) is 0 Å². The number of benzene rings is 1. The summed E-state index contributed by atoms with van der Waals surface area (Å²) in [5.74, 6) is 0.0993. The maximum atomic E-state index is 11.1. The van der Waals surface area contributed by atoms with E-state index in [0.717, 1.165) is 12.8 Å². The van der Waals surface area contributed by atoms with Crippen molar-refractivity contribution in [2.75, 3.05) is 26.8 Å². The Morgan fingerprint density at radius 1 is 1.31 bits per heavy atom. The summed E-state index contributed by atoms with van der Waals surface area (Å²) in [5, 5.41) is 2.80. The third-order valence-corrected chi connectivity index (χ3v) is 2.23. The lowest BCUT2D eigenvalue weighted by Crippen LogP contribution is -2.22. The molecular weight excluding hydrogens is 202 g/mol. The standard InChI is InChI=1S/C13H19NO2/c1-14-10-13(15)11-16-9-5-8-12-6-3-2-4-7-12/h2-4,6-7,14H,5,8-11H2,1H3. The zero-order valence-corrected chi connectivity index (χ0v) is 9.74. The van der Waals surface area contributed by atoms with Crippen molar-refractivity contribution in [3.05, 3.63) is 35.9 Å². The lowest BCUT2D eigenvalue weighted by Gasteiger charge is -2.03. The molecule has 0 saturated carbocycles. The first-order chi connectivity index (χ1) is 7.83. The third-order valence-electron chi connectivity index (χ3n) is 2.23. The molecule has 0 aliphatic rings. The second-order valence-electron chi connectivity index (χ2n) is 3.71. The monoisotopic (exact) mass is 221 g/mol. The maximum Gasteiger partial charge on any atom is 0.172 e. The highest BCUT2D eigenvalue weighted by molar-refractivity contribution is 5.81. The molecule has 16 heavy (non-hydrogen) atoms. The summed E-state index contributed by atoms with van der Waals surface area (Å²) in [5.41, 5.74) is 1.31. The molecule has 0 aromatic heterocycles. The SMILES string of the molecule is CNCC(=O)COCCCc1ccccc1. The van der Waals surface area contributed by atoms with Gasteiger partial charge in [-0.15, -0.1) is 0 Å². The predicted octanol–water partition coefficient (Wildman–Crippen LogP) is 1.42. The minimum absolute atomic E-state index is 0.0993. The smallest absolute Gasteiger partial charge is 0.172 e. The summed E-state index contributed by atoms with van der Waals surface area (Å²) in [6.45, 7) is 1.25. The van der Waals surface area contributed by atoms with Gasteiger partial charge in [0.25, 0.3) is 0 Å². The Labute approximate surface area is 96.8 Å². The quantitative estimate of drug-likeness (QED) is 0.675. The first kappa shape index (κ1) is 12.9. The first-order valence-corrected chi connectivity index (χ1v) is 5.61. The Morgan fingerprint density at radius 3 is 2.75 bits per heavy atom. The Morgan fingerprint density at radius 2 is 2.06 bits per heavy atom. The van der Waals surface area contributed by atoms with E-state index in [1.54, 1.807) is 7.05 Å². The number of ether oxygens (including phenoxy) is 1. The van der Waals surface area contributed by atoms with Crippen LogP contribution in [0.25, 0.3) is 0 Å². The zero-order chi connectivity index (χ0) is 11.6. The number of carbonyl (C=O) groups is 1. The molecule has 0 bridgehead atoms. The minimum atomic E-state index is 0.0993. The fraction of sp³-hybridized carbons (Fsp3) is 0.462. The van der Waals surface area contributed by atoms with Crippen molar-refractivity contribution >= 4 is 5.78 Å². The van der Waals surface area contributed by atoms with Crippen LogP contribution in [0.2, 0.25) is 0 Å². The molecule has 0 fully saturated rings. The molecule has 1 aromatic rings. The summed E-state index contributed by atoms with van der Waals surface area (Å²) in [6, 6.07) is 10.3. The van der Waals surface area contributed by atoms with Gasteiger partial charge in [0.2, 0.25) is 0 Å². The van der Waals surface area contributed by atoms with Crippen molar-refractivity contribution in [1.29, 1.82) is 0 Å². The number of Topliss-reactive ketones (excluding diaryl/α,β-unsaturated/α-hetero) is 1. The largest absolute Gasteiger partial charge is 0.374 e. The van der Waals surface area contributed by atoms with Crippen LogP contribution in [0.3, 0.4) is 0 Å². The highest BCUT2D eigenvalue weighted by atomic mass is 16.5. The summed E-state index contributed by atoms with van der Waals surface area (Å²) in [4.78, 5) is 11.1. The average Bonchev–Trinajstić information content (AvgIpc) is 2.30. The maximum absolute atomic E-state index is 11.1. The van der Waals surface area contributed by atoms with Crippen LogP contribution in [0, 0.1) is 0 Å². The van der Waals surface area contributed by atoms with E-state index < -0.39 is 0 Å². The fourth-order valence-corrected chi connectivity index (χ4v) is 1.46. The molecular formula is C13H19NO2. The number of nitrogens with one attached hydrogen (secondary N) is 1. The van der Waals surface area contributed by atoms with Gasteiger partial charge in [0, 0.05) is 6.61 Å². The summed E-state index contributed by atoms with van der Waals surface area (Å²) >= 11 is 0. The number of carbonyl (C=O) groups excluding carboxylic acids is 1. The molecule has 1 aromatic carbocycles. The summed E-state index contributed by atoms with van der Waals surface area (Å²) in [6.07, 6.45) is 1.96. The van der Waals surface area contributed by atoms with Gasteiger partial charge in [-0.3, -0.25) is 4.79 Å². The van der Waals surface area contributed by atoms with Crippen LogP contribution < -0.4 is 5.32 Å².